The zero-order chi connectivity index (χ0) is 19.3. The number of carbonyl (C=O) groups excluding carboxylic acids is 1. The van der Waals surface area contributed by atoms with Crippen LogP contribution in [0.5, 0.6) is 11.5 Å². The number of amides is 1. The number of carbonyl (C=O) groups is 1. The third-order valence-corrected chi connectivity index (χ3v) is 6.28. The first-order valence-electron chi connectivity index (χ1n) is 8.65. The molecule has 1 aromatic carbocycles. The molecule has 1 atom stereocenters. The highest BCUT2D eigenvalue weighted by molar-refractivity contribution is 7.91. The molecule has 0 spiro atoms. The van der Waals surface area contributed by atoms with E-state index in [1.54, 1.807) is 30.6 Å². The van der Waals surface area contributed by atoms with Crippen LogP contribution in [0.4, 0.5) is 0 Å². The Morgan fingerprint density at radius 2 is 2.00 bits per heavy atom. The van der Waals surface area contributed by atoms with Crippen LogP contribution in [0.25, 0.3) is 0 Å². The van der Waals surface area contributed by atoms with Crippen LogP contribution in [0.1, 0.15) is 22.3 Å². The minimum atomic E-state index is -2.95. The van der Waals surface area contributed by atoms with E-state index in [0.717, 1.165) is 5.56 Å². The summed E-state index contributed by atoms with van der Waals surface area (Å²) in [4.78, 5) is 16.4. The highest BCUT2D eigenvalue weighted by atomic mass is 32.2. The van der Waals surface area contributed by atoms with Gasteiger partial charge in [-0.05, 0) is 48.2 Å². The number of hydrogen-bond acceptors (Lipinski definition) is 6. The summed E-state index contributed by atoms with van der Waals surface area (Å²) in [5, 5.41) is 2.81. The van der Waals surface area contributed by atoms with Crippen LogP contribution in [0.2, 0.25) is 0 Å². The van der Waals surface area contributed by atoms with Crippen molar-refractivity contribution in [2.24, 2.45) is 5.92 Å². The van der Waals surface area contributed by atoms with Crippen molar-refractivity contribution in [3.63, 3.8) is 0 Å². The van der Waals surface area contributed by atoms with E-state index in [2.05, 4.69) is 10.3 Å². The lowest BCUT2D eigenvalue weighted by Crippen LogP contribution is -2.29. The van der Waals surface area contributed by atoms with E-state index in [0.29, 0.717) is 36.6 Å². The number of hydrogen-bond donors (Lipinski definition) is 1. The number of nitrogens with one attached hydrogen (secondary N) is 1. The van der Waals surface area contributed by atoms with E-state index in [9.17, 15) is 13.2 Å². The standard InChI is InChI=1S/C19H22N2O5S/c1-25-17-3-2-16(10-18(17)26-12-14-4-7-20-8-5-14)19(22)21-11-15-6-9-27(23,24)13-15/h2-5,7-8,10,15H,6,9,11-13H2,1H3,(H,21,22)/t15-/m0/s1. The Balaban J connectivity index is 1.64. The van der Waals surface area contributed by atoms with E-state index >= 15 is 0 Å². The largest absolute Gasteiger partial charge is 0.493 e. The topological polar surface area (TPSA) is 94.6 Å². The van der Waals surface area contributed by atoms with Crippen molar-refractivity contribution in [1.82, 2.24) is 10.3 Å². The molecule has 3 rings (SSSR count). The van der Waals surface area contributed by atoms with Crippen LogP contribution in [0.3, 0.4) is 0 Å². The van der Waals surface area contributed by atoms with Crippen molar-refractivity contribution in [1.29, 1.82) is 0 Å². The zero-order valence-electron chi connectivity index (χ0n) is 15.1. The van der Waals surface area contributed by atoms with E-state index in [1.165, 1.54) is 7.11 Å². The summed E-state index contributed by atoms with van der Waals surface area (Å²) in [5.74, 6) is 1.03. The van der Waals surface area contributed by atoms with Crippen molar-refractivity contribution in [3.05, 3.63) is 53.9 Å². The number of benzene rings is 1. The predicted molar refractivity (Wildman–Crippen MR) is 101 cm³/mol. The second-order valence-corrected chi connectivity index (χ2v) is 8.72. The fourth-order valence-corrected chi connectivity index (χ4v) is 4.80. The van der Waals surface area contributed by atoms with E-state index in [1.807, 2.05) is 12.1 Å². The van der Waals surface area contributed by atoms with Crippen molar-refractivity contribution < 1.29 is 22.7 Å². The average molecular weight is 390 g/mol. The van der Waals surface area contributed by atoms with Gasteiger partial charge in [0.1, 0.15) is 6.61 Å². The van der Waals surface area contributed by atoms with Crippen molar-refractivity contribution in [2.75, 3.05) is 25.2 Å². The van der Waals surface area contributed by atoms with Gasteiger partial charge in [-0.2, -0.15) is 0 Å². The zero-order valence-corrected chi connectivity index (χ0v) is 15.9. The van der Waals surface area contributed by atoms with Crippen LogP contribution in [0.15, 0.2) is 42.7 Å². The first-order chi connectivity index (χ1) is 13.0. The molecule has 8 heteroatoms. The molecule has 0 saturated carbocycles. The molecule has 1 N–H and O–H groups in total. The lowest BCUT2D eigenvalue weighted by molar-refractivity contribution is 0.0948. The lowest BCUT2D eigenvalue weighted by atomic mass is 10.1. The van der Waals surface area contributed by atoms with Gasteiger partial charge in [-0.3, -0.25) is 9.78 Å². The quantitative estimate of drug-likeness (QED) is 0.775. The maximum atomic E-state index is 12.4. The number of sulfone groups is 1. The molecule has 0 aliphatic carbocycles. The molecule has 0 radical (unpaired) electrons. The summed E-state index contributed by atoms with van der Waals surface area (Å²) >= 11 is 0. The van der Waals surface area contributed by atoms with Crippen molar-refractivity contribution in [2.45, 2.75) is 13.0 Å². The Kier molecular flexibility index (Phi) is 5.95. The molecule has 1 saturated heterocycles. The smallest absolute Gasteiger partial charge is 0.251 e. The normalized spacial score (nSPS) is 18.0. The molecule has 7 nitrogen and oxygen atoms in total. The monoisotopic (exact) mass is 390 g/mol. The first-order valence-corrected chi connectivity index (χ1v) is 10.5. The minimum Gasteiger partial charge on any atom is -0.493 e. The molecule has 27 heavy (non-hydrogen) atoms. The summed E-state index contributed by atoms with van der Waals surface area (Å²) in [6, 6.07) is 8.65. The molecule has 0 unspecified atom stereocenters. The highest BCUT2D eigenvalue weighted by Crippen LogP contribution is 2.29. The van der Waals surface area contributed by atoms with E-state index in [-0.39, 0.29) is 23.3 Å². The Hall–Kier alpha value is -2.61. The predicted octanol–water partition coefficient (Wildman–Crippen LogP) is 1.83. The van der Waals surface area contributed by atoms with Gasteiger partial charge in [0.15, 0.2) is 21.3 Å². The van der Waals surface area contributed by atoms with Gasteiger partial charge in [0.25, 0.3) is 5.91 Å². The van der Waals surface area contributed by atoms with Gasteiger partial charge in [0, 0.05) is 24.5 Å². The van der Waals surface area contributed by atoms with Crippen LogP contribution in [-0.2, 0) is 16.4 Å². The number of methoxy groups -OCH3 is 1. The fraction of sp³-hybridized carbons (Fsp3) is 0.368. The van der Waals surface area contributed by atoms with Crippen molar-refractivity contribution in [3.8, 4) is 11.5 Å². The SMILES string of the molecule is COc1ccc(C(=O)NC[C@@H]2CCS(=O)(=O)C2)cc1OCc1ccncc1. The molecule has 1 aliphatic rings. The molecule has 2 aromatic rings. The molecular weight excluding hydrogens is 368 g/mol. The second-order valence-electron chi connectivity index (χ2n) is 6.49. The number of nitrogens with zero attached hydrogens (tertiary/aromatic N) is 1. The third-order valence-electron chi connectivity index (χ3n) is 4.45. The Morgan fingerprint density at radius 3 is 2.67 bits per heavy atom. The van der Waals surface area contributed by atoms with Gasteiger partial charge >= 0.3 is 0 Å². The van der Waals surface area contributed by atoms with Crippen molar-refractivity contribution >= 4 is 15.7 Å². The number of pyridine rings is 1. The number of aromatic nitrogens is 1. The first kappa shape index (κ1) is 19.2. The maximum absolute atomic E-state index is 12.4. The number of ether oxygens (including phenoxy) is 2. The third kappa shape index (κ3) is 5.19. The summed E-state index contributed by atoms with van der Waals surface area (Å²) < 4.78 is 34.1. The highest BCUT2D eigenvalue weighted by Gasteiger charge is 2.28. The van der Waals surface area contributed by atoms with Crippen LogP contribution in [0, 0.1) is 5.92 Å². The molecule has 1 amide bonds. The summed E-state index contributed by atoms with van der Waals surface area (Å²) in [6.45, 7) is 0.668. The lowest BCUT2D eigenvalue weighted by Gasteiger charge is -2.13. The molecule has 2 heterocycles. The average Bonchev–Trinajstić information content (AvgIpc) is 3.03. The van der Waals surface area contributed by atoms with Gasteiger partial charge in [0.2, 0.25) is 0 Å². The number of rotatable bonds is 7. The Labute approximate surface area is 158 Å². The molecule has 1 fully saturated rings. The van der Waals surface area contributed by atoms with E-state index < -0.39 is 9.84 Å². The molecule has 0 bridgehead atoms. The molecular formula is C19H22N2O5S. The molecule has 1 aromatic heterocycles. The molecule has 1 aliphatic heterocycles. The second kappa shape index (κ2) is 8.39. The fourth-order valence-electron chi connectivity index (χ4n) is 2.94. The van der Waals surface area contributed by atoms with Gasteiger partial charge in [0.05, 0.1) is 18.6 Å². The summed E-state index contributed by atoms with van der Waals surface area (Å²) in [6.07, 6.45) is 3.96. The Morgan fingerprint density at radius 1 is 1.22 bits per heavy atom. The van der Waals surface area contributed by atoms with Gasteiger partial charge in [-0.1, -0.05) is 0 Å². The van der Waals surface area contributed by atoms with Crippen LogP contribution in [-0.4, -0.2) is 44.5 Å². The molecule has 144 valence electrons. The minimum absolute atomic E-state index is 0.0281. The van der Waals surface area contributed by atoms with Crippen LogP contribution < -0.4 is 14.8 Å². The van der Waals surface area contributed by atoms with Gasteiger partial charge < -0.3 is 14.8 Å². The van der Waals surface area contributed by atoms with Gasteiger partial charge in [-0.15, -0.1) is 0 Å². The summed E-state index contributed by atoms with van der Waals surface area (Å²) in [5.41, 5.74) is 1.38. The van der Waals surface area contributed by atoms with E-state index in [4.69, 9.17) is 9.47 Å². The van der Waals surface area contributed by atoms with Gasteiger partial charge in [-0.25, -0.2) is 8.42 Å². The maximum Gasteiger partial charge on any atom is 0.251 e. The van der Waals surface area contributed by atoms with Crippen LogP contribution >= 0.6 is 0 Å². The summed E-state index contributed by atoms with van der Waals surface area (Å²) in [7, 11) is -1.41. The Bertz CT molecular complexity index is 900.